The molecule has 15 heteroatoms. The highest BCUT2D eigenvalue weighted by molar-refractivity contribution is 6.33. The molecule has 0 bridgehead atoms. The van der Waals surface area contributed by atoms with Gasteiger partial charge in [0.25, 0.3) is 17.7 Å². The molecule has 2 aliphatic carbocycles. The van der Waals surface area contributed by atoms with E-state index < -0.39 is 35.5 Å². The molecular formula is C47H47ClFN7O6. The Morgan fingerprint density at radius 1 is 0.871 bits per heavy atom. The highest BCUT2D eigenvalue weighted by Gasteiger charge is 2.67. The number of halogens is 2. The number of piperazine rings is 1. The van der Waals surface area contributed by atoms with E-state index in [0.29, 0.717) is 53.4 Å². The molecule has 1 N–H and O–H groups in total. The van der Waals surface area contributed by atoms with Crippen molar-refractivity contribution >= 4 is 52.5 Å². The van der Waals surface area contributed by atoms with Crippen molar-refractivity contribution in [2.24, 2.45) is 16.7 Å². The number of ether oxygens (including phenoxy) is 1. The van der Waals surface area contributed by atoms with Crippen molar-refractivity contribution in [2.45, 2.75) is 97.0 Å². The average Bonchev–Trinajstić information content (AvgIpc) is 3.68. The standard InChI is InChI=1S/C47H47ClFN7O6/c1-46(2)44(47(3,4)45(46)62-29-13-15-35(50-5)33(48)22-29)55-25-36-30(41(55)59)14-10-27(51-36)9-6-26-7-11-28(12-8-26)53-18-20-54(21-19-53)38-24-32-31(23-34(38)49)42(60)56(43(32)61)37-16-17-39(57)52-40(37)58/h10,13-15,22-24,26,28,37,44-45H,7-8,11-12,16-21,25H2,1-4H3,(H,52,57,58). The normalized spacial score (nSPS) is 26.6. The summed E-state index contributed by atoms with van der Waals surface area (Å²) in [6, 6.07) is 10.5. The van der Waals surface area contributed by atoms with Gasteiger partial charge in [0.05, 0.1) is 46.2 Å². The molecule has 5 amide bonds. The largest absolute Gasteiger partial charge is 0.489 e. The lowest BCUT2D eigenvalue weighted by atomic mass is 9.49. The Morgan fingerprint density at radius 3 is 2.23 bits per heavy atom. The van der Waals surface area contributed by atoms with Crippen molar-refractivity contribution in [2.75, 3.05) is 31.1 Å². The van der Waals surface area contributed by atoms with E-state index in [2.05, 4.69) is 54.6 Å². The third-order valence-electron chi connectivity index (χ3n) is 13.9. The topological polar surface area (TPSA) is 137 Å². The van der Waals surface area contributed by atoms with Gasteiger partial charge in [0.1, 0.15) is 29.4 Å². The van der Waals surface area contributed by atoms with Crippen molar-refractivity contribution in [3.63, 3.8) is 0 Å². The number of fused-ring (bicyclic) bond motifs is 2. The van der Waals surface area contributed by atoms with E-state index in [-0.39, 0.29) is 64.5 Å². The van der Waals surface area contributed by atoms with Crippen molar-refractivity contribution in [3.05, 3.63) is 92.8 Å². The Morgan fingerprint density at radius 2 is 1.56 bits per heavy atom. The number of anilines is 1. The number of nitrogens with one attached hydrogen (secondary N) is 1. The number of rotatable bonds is 6. The Hall–Kier alpha value is -5.83. The number of pyridine rings is 1. The first kappa shape index (κ1) is 41.5. The van der Waals surface area contributed by atoms with E-state index >= 15 is 4.39 Å². The summed E-state index contributed by atoms with van der Waals surface area (Å²) in [7, 11) is 0. The molecule has 2 aromatic carbocycles. The SMILES string of the molecule is [C-]#[N+]c1ccc(OC2C(C)(C)C(N3Cc4nc(C#CC5CCC(N6CCN(c7cc8c(cc7F)C(=O)N(C7CCC(=O)NC7=O)C8=O)CC6)CC5)ccc4C3=O)C2(C)C)cc1Cl. The summed E-state index contributed by atoms with van der Waals surface area (Å²) < 4.78 is 22.0. The molecule has 0 radical (unpaired) electrons. The lowest BCUT2D eigenvalue weighted by Gasteiger charge is -2.65. The van der Waals surface area contributed by atoms with Gasteiger partial charge in [-0.3, -0.25) is 39.1 Å². The summed E-state index contributed by atoms with van der Waals surface area (Å²) in [4.78, 5) is 79.8. The first-order valence-electron chi connectivity index (χ1n) is 21.3. The number of carbonyl (C=O) groups excluding carboxylic acids is 5. The summed E-state index contributed by atoms with van der Waals surface area (Å²) >= 11 is 6.30. The molecule has 1 unspecified atom stereocenters. The fraction of sp³-hybridized carbons (Fsp3) is 0.468. The second-order valence-corrected chi connectivity index (χ2v) is 18.9. The number of hydrogen-bond donors (Lipinski definition) is 1. The average molecular weight is 860 g/mol. The minimum atomic E-state index is -1.11. The quantitative estimate of drug-likeness (QED) is 0.170. The van der Waals surface area contributed by atoms with Crippen LogP contribution in [0.5, 0.6) is 5.75 Å². The van der Waals surface area contributed by atoms with Crippen molar-refractivity contribution < 1.29 is 33.1 Å². The molecule has 13 nitrogen and oxygen atoms in total. The summed E-state index contributed by atoms with van der Waals surface area (Å²) in [6.45, 7) is 18.7. The van der Waals surface area contributed by atoms with E-state index in [4.69, 9.17) is 27.9 Å². The predicted molar refractivity (Wildman–Crippen MR) is 227 cm³/mol. The molecule has 0 spiro atoms. The minimum absolute atomic E-state index is 0.0122. The third-order valence-corrected chi connectivity index (χ3v) is 14.2. The van der Waals surface area contributed by atoms with Crippen LogP contribution in [0.2, 0.25) is 5.02 Å². The van der Waals surface area contributed by atoms with Gasteiger partial charge in [0, 0.05) is 61.4 Å². The molecule has 1 atom stereocenters. The maximum Gasteiger partial charge on any atom is 0.262 e. The fourth-order valence-corrected chi connectivity index (χ4v) is 11.5. The lowest BCUT2D eigenvalue weighted by Crippen LogP contribution is -2.74. The number of piperidine rings is 1. The number of benzene rings is 2. The highest BCUT2D eigenvalue weighted by atomic mass is 35.5. The first-order chi connectivity index (χ1) is 29.6. The number of imide groups is 2. The van der Waals surface area contributed by atoms with Crippen LogP contribution in [0.25, 0.3) is 4.85 Å². The molecule has 9 rings (SSSR count). The molecule has 4 aliphatic heterocycles. The molecule has 3 aromatic rings. The van der Waals surface area contributed by atoms with Crippen LogP contribution in [0.1, 0.15) is 109 Å². The van der Waals surface area contributed by atoms with E-state index in [1.807, 2.05) is 21.9 Å². The number of hydrogen-bond acceptors (Lipinski definition) is 9. The van der Waals surface area contributed by atoms with Gasteiger partial charge in [-0.2, -0.15) is 0 Å². The van der Waals surface area contributed by atoms with E-state index in [1.54, 1.807) is 18.2 Å². The van der Waals surface area contributed by atoms with Crippen molar-refractivity contribution in [1.82, 2.24) is 25.0 Å². The Balaban J connectivity index is 0.778. The number of amides is 5. The minimum Gasteiger partial charge on any atom is -0.489 e. The van der Waals surface area contributed by atoms with Gasteiger partial charge < -0.3 is 14.5 Å². The van der Waals surface area contributed by atoms with E-state index in [9.17, 15) is 24.0 Å². The zero-order valence-electron chi connectivity index (χ0n) is 35.1. The van der Waals surface area contributed by atoms with Crippen LogP contribution in [-0.2, 0) is 16.1 Å². The van der Waals surface area contributed by atoms with E-state index in [0.717, 1.165) is 55.4 Å². The van der Waals surface area contributed by atoms with Gasteiger partial charge in [0.15, 0.2) is 0 Å². The molecule has 1 aromatic heterocycles. The zero-order valence-corrected chi connectivity index (χ0v) is 35.9. The molecule has 2 saturated carbocycles. The molecule has 62 heavy (non-hydrogen) atoms. The molecule has 2 saturated heterocycles. The summed E-state index contributed by atoms with van der Waals surface area (Å²) in [6.07, 6.45) is 3.70. The van der Waals surface area contributed by atoms with Gasteiger partial charge >= 0.3 is 0 Å². The molecule has 6 aliphatic rings. The van der Waals surface area contributed by atoms with Gasteiger partial charge in [0.2, 0.25) is 17.5 Å². The maximum absolute atomic E-state index is 15.5. The third kappa shape index (κ3) is 6.98. The number of carbonyl (C=O) groups is 5. The van der Waals surface area contributed by atoms with Crippen LogP contribution >= 0.6 is 11.6 Å². The van der Waals surface area contributed by atoms with Gasteiger partial charge in [-0.1, -0.05) is 51.3 Å². The zero-order chi connectivity index (χ0) is 43.8. The highest BCUT2D eigenvalue weighted by Crippen LogP contribution is 2.59. The van der Waals surface area contributed by atoms with Crippen LogP contribution in [0, 0.1) is 41.0 Å². The van der Waals surface area contributed by atoms with Gasteiger partial charge in [-0.25, -0.2) is 14.2 Å². The second kappa shape index (κ2) is 15.5. The summed E-state index contributed by atoms with van der Waals surface area (Å²) in [5, 5.41) is 2.53. The predicted octanol–water partition coefficient (Wildman–Crippen LogP) is 6.40. The summed E-state index contributed by atoms with van der Waals surface area (Å²) in [5.74, 6) is 4.42. The van der Waals surface area contributed by atoms with Gasteiger partial charge in [-0.05, 0) is 74.4 Å². The monoisotopic (exact) mass is 859 g/mol. The number of nitrogens with zero attached hydrogens (tertiary/aromatic N) is 6. The molecular weight excluding hydrogens is 813 g/mol. The molecule has 320 valence electrons. The molecule has 4 fully saturated rings. The smallest absolute Gasteiger partial charge is 0.262 e. The van der Waals surface area contributed by atoms with Crippen LogP contribution in [0.3, 0.4) is 0 Å². The van der Waals surface area contributed by atoms with Crippen molar-refractivity contribution in [3.8, 4) is 17.6 Å². The van der Waals surface area contributed by atoms with Crippen molar-refractivity contribution in [1.29, 1.82) is 0 Å². The Labute approximate surface area is 364 Å². The summed E-state index contributed by atoms with van der Waals surface area (Å²) in [5.41, 5.74) is 1.86. The Kier molecular flexibility index (Phi) is 10.4. The van der Waals surface area contributed by atoms with Gasteiger partial charge in [-0.15, -0.1) is 0 Å². The van der Waals surface area contributed by atoms with Crippen LogP contribution in [0.15, 0.2) is 42.5 Å². The number of aromatic nitrogens is 1. The van der Waals surface area contributed by atoms with Crippen LogP contribution < -0.4 is 15.0 Å². The van der Waals surface area contributed by atoms with Crippen LogP contribution in [-0.4, -0.2) is 99.6 Å². The van der Waals surface area contributed by atoms with Crippen LogP contribution in [0.4, 0.5) is 15.8 Å². The second-order valence-electron chi connectivity index (χ2n) is 18.5. The van der Waals surface area contributed by atoms with E-state index in [1.165, 1.54) is 6.07 Å². The fourth-order valence-electron chi connectivity index (χ4n) is 11.3. The Bertz CT molecular complexity index is 2530. The lowest BCUT2D eigenvalue weighted by molar-refractivity contribution is -0.199. The first-order valence-corrected chi connectivity index (χ1v) is 21.6. The molecule has 5 heterocycles. The maximum atomic E-state index is 15.5.